The zero-order valence-electron chi connectivity index (χ0n) is 9.48. The van der Waals surface area contributed by atoms with E-state index in [2.05, 4.69) is 4.52 Å². The molecule has 2 rings (SSSR count). The largest absolute Gasteiger partial charge is 1.00 e. The van der Waals surface area contributed by atoms with E-state index < -0.39 is 19.6 Å². The fourth-order valence-corrected chi connectivity index (χ4v) is 2.38. The van der Waals surface area contributed by atoms with Crippen molar-refractivity contribution >= 4 is 19.6 Å². The normalized spacial score (nSPS) is 17.3. The van der Waals surface area contributed by atoms with E-state index in [0.29, 0.717) is 0 Å². The molecule has 6 nitrogen and oxygen atoms in total. The SMILES string of the molecule is O=C1C=CC(=O)N1P(=O)([O-])Oc1ccccc1.[Li+]. The maximum atomic E-state index is 11.7. The summed E-state index contributed by atoms with van der Waals surface area (Å²) in [6.07, 6.45) is 1.75. The Labute approximate surface area is 115 Å². The molecular weight excluding hydrogens is 252 g/mol. The van der Waals surface area contributed by atoms with Crippen molar-refractivity contribution in [3.8, 4) is 5.75 Å². The number of rotatable bonds is 3. The molecule has 0 N–H and O–H groups in total. The van der Waals surface area contributed by atoms with Gasteiger partial charge in [-0.1, -0.05) is 18.2 Å². The van der Waals surface area contributed by atoms with Gasteiger partial charge in [-0.25, -0.2) is 4.67 Å². The second-order valence-corrected chi connectivity index (χ2v) is 4.71. The van der Waals surface area contributed by atoms with Crippen LogP contribution in [0.3, 0.4) is 0 Å². The summed E-state index contributed by atoms with van der Waals surface area (Å²) in [5.74, 6) is -1.81. The molecule has 0 spiro atoms. The van der Waals surface area contributed by atoms with Crippen molar-refractivity contribution in [1.29, 1.82) is 0 Å². The molecule has 18 heavy (non-hydrogen) atoms. The Bertz CT molecular complexity index is 526. The van der Waals surface area contributed by atoms with Crippen molar-refractivity contribution in [2.24, 2.45) is 0 Å². The first kappa shape index (κ1) is 14.7. The fourth-order valence-electron chi connectivity index (χ4n) is 1.29. The van der Waals surface area contributed by atoms with E-state index in [1.807, 2.05) is 0 Å². The number of benzene rings is 1. The van der Waals surface area contributed by atoms with Gasteiger partial charge in [-0.05, 0) is 12.1 Å². The quantitative estimate of drug-likeness (QED) is 0.339. The summed E-state index contributed by atoms with van der Waals surface area (Å²) in [6.45, 7) is 0. The second-order valence-electron chi connectivity index (χ2n) is 3.19. The van der Waals surface area contributed by atoms with Crippen molar-refractivity contribution in [3.63, 3.8) is 0 Å². The Morgan fingerprint density at radius 2 is 1.56 bits per heavy atom. The molecule has 1 unspecified atom stereocenters. The van der Waals surface area contributed by atoms with Crippen molar-refractivity contribution in [2.45, 2.75) is 0 Å². The van der Waals surface area contributed by atoms with E-state index in [1.165, 1.54) is 12.1 Å². The van der Waals surface area contributed by atoms with Gasteiger partial charge in [0.1, 0.15) is 5.75 Å². The number of carbonyl (C=O) groups excluding carboxylic acids is 2. The van der Waals surface area contributed by atoms with Crippen LogP contribution in [0.15, 0.2) is 42.5 Å². The monoisotopic (exact) mass is 259 g/mol. The molecule has 0 radical (unpaired) electrons. The molecule has 1 aliphatic rings. The standard InChI is InChI=1S/C10H8NO5P.Li/c12-9-6-7-10(13)11(9)17(14,15)16-8-4-2-1-3-5-8;/h1-7H,(H,14,15);/q;+1/p-1. The van der Waals surface area contributed by atoms with E-state index in [0.717, 1.165) is 12.2 Å². The molecule has 0 bridgehead atoms. The van der Waals surface area contributed by atoms with Crippen LogP contribution >= 0.6 is 7.75 Å². The van der Waals surface area contributed by atoms with E-state index in [1.54, 1.807) is 18.2 Å². The molecule has 1 atom stereocenters. The van der Waals surface area contributed by atoms with Gasteiger partial charge in [-0.3, -0.25) is 14.2 Å². The molecule has 0 aliphatic carbocycles. The number of hydrogen-bond donors (Lipinski definition) is 0. The smallest absolute Gasteiger partial charge is 0.751 e. The van der Waals surface area contributed by atoms with Gasteiger partial charge in [0.2, 0.25) is 0 Å². The Morgan fingerprint density at radius 1 is 1.06 bits per heavy atom. The topological polar surface area (TPSA) is 86.7 Å². The molecule has 8 heteroatoms. The van der Waals surface area contributed by atoms with Crippen molar-refractivity contribution < 1.29 is 42.4 Å². The number of para-hydroxylation sites is 1. The summed E-state index contributed by atoms with van der Waals surface area (Å²) in [5.41, 5.74) is 0. The Hall–Kier alpha value is -1.31. The summed E-state index contributed by atoms with van der Waals surface area (Å²) < 4.78 is 16.4. The van der Waals surface area contributed by atoms with Crippen LogP contribution in [0.5, 0.6) is 5.75 Å². The first-order valence-corrected chi connectivity index (χ1v) is 6.12. The van der Waals surface area contributed by atoms with Crippen LogP contribution in [0.1, 0.15) is 0 Å². The predicted molar refractivity (Wildman–Crippen MR) is 55.7 cm³/mol. The molecule has 0 saturated carbocycles. The van der Waals surface area contributed by atoms with Gasteiger partial charge in [0, 0.05) is 12.2 Å². The summed E-state index contributed by atoms with van der Waals surface area (Å²) in [5, 5.41) is 0. The van der Waals surface area contributed by atoms with Gasteiger partial charge >= 0.3 is 18.9 Å². The number of amides is 2. The maximum absolute atomic E-state index is 11.7. The van der Waals surface area contributed by atoms with Crippen LogP contribution in [-0.2, 0) is 14.2 Å². The van der Waals surface area contributed by atoms with Crippen molar-refractivity contribution in [3.05, 3.63) is 42.5 Å². The first-order chi connectivity index (χ1) is 8.00. The molecule has 1 aliphatic heterocycles. The average molecular weight is 259 g/mol. The maximum Gasteiger partial charge on any atom is 1.00 e. The van der Waals surface area contributed by atoms with Gasteiger partial charge in [0.15, 0.2) is 0 Å². The van der Waals surface area contributed by atoms with Gasteiger partial charge in [0.25, 0.3) is 19.6 Å². The van der Waals surface area contributed by atoms with Crippen molar-refractivity contribution in [1.82, 2.24) is 4.67 Å². The Morgan fingerprint density at radius 3 is 2.06 bits per heavy atom. The van der Waals surface area contributed by atoms with Gasteiger partial charge in [-0.15, -0.1) is 0 Å². The van der Waals surface area contributed by atoms with Gasteiger partial charge in [0.05, 0.1) is 0 Å². The zero-order valence-corrected chi connectivity index (χ0v) is 10.4. The molecule has 88 valence electrons. The third-order valence-corrected chi connectivity index (χ3v) is 3.32. The van der Waals surface area contributed by atoms with Crippen LogP contribution in [0.4, 0.5) is 0 Å². The molecular formula is C10H7LiNO5P. The number of imide groups is 1. The van der Waals surface area contributed by atoms with Crippen LogP contribution in [0.2, 0.25) is 0 Å². The van der Waals surface area contributed by atoms with Gasteiger partial charge in [-0.2, -0.15) is 0 Å². The van der Waals surface area contributed by atoms with Crippen molar-refractivity contribution in [2.75, 3.05) is 0 Å². The Kier molecular flexibility index (Phi) is 4.55. The first-order valence-electron chi connectivity index (χ1n) is 4.63. The van der Waals surface area contributed by atoms with Gasteiger partial charge < -0.3 is 9.42 Å². The summed E-state index contributed by atoms with van der Waals surface area (Å²) in [7, 11) is -4.75. The average Bonchev–Trinajstić information content (AvgIpc) is 2.59. The number of carbonyl (C=O) groups is 2. The third-order valence-electron chi connectivity index (χ3n) is 1.99. The van der Waals surface area contributed by atoms with E-state index in [4.69, 9.17) is 0 Å². The molecule has 1 aromatic carbocycles. The van der Waals surface area contributed by atoms with E-state index in [9.17, 15) is 19.0 Å². The molecule has 1 heterocycles. The minimum Gasteiger partial charge on any atom is -0.751 e. The van der Waals surface area contributed by atoms with E-state index in [-0.39, 0.29) is 29.3 Å². The number of hydrogen-bond acceptors (Lipinski definition) is 5. The van der Waals surface area contributed by atoms with Crippen LogP contribution in [0.25, 0.3) is 0 Å². The van der Waals surface area contributed by atoms with Crippen LogP contribution < -0.4 is 28.3 Å². The van der Waals surface area contributed by atoms with Crippen LogP contribution in [-0.4, -0.2) is 16.5 Å². The molecule has 2 amide bonds. The zero-order chi connectivity index (χ0) is 12.5. The molecule has 0 fully saturated rings. The third kappa shape index (κ3) is 2.92. The molecule has 1 aromatic rings. The summed E-state index contributed by atoms with van der Waals surface area (Å²) >= 11 is 0. The number of nitrogens with zero attached hydrogens (tertiary/aromatic N) is 1. The summed E-state index contributed by atoms with van der Waals surface area (Å²) in [6, 6.07) is 7.63. The van der Waals surface area contributed by atoms with Crippen LogP contribution in [0, 0.1) is 0 Å². The minimum absolute atomic E-state index is 0. The minimum atomic E-state index is -4.75. The van der Waals surface area contributed by atoms with E-state index >= 15 is 0 Å². The Balaban J connectivity index is 0.00000162. The molecule has 0 aromatic heterocycles. The predicted octanol–water partition coefficient (Wildman–Crippen LogP) is -2.54. The molecule has 0 saturated heterocycles. The fraction of sp³-hybridized carbons (Fsp3) is 0. The second kappa shape index (κ2) is 5.55. The summed E-state index contributed by atoms with van der Waals surface area (Å²) in [4.78, 5) is 34.0.